The molecule has 1 fully saturated rings. The third-order valence-corrected chi connectivity index (χ3v) is 5.47. The second-order valence-electron chi connectivity index (χ2n) is 4.53. The van der Waals surface area contributed by atoms with Crippen LogP contribution in [0.3, 0.4) is 0 Å². The fourth-order valence-electron chi connectivity index (χ4n) is 2.21. The van der Waals surface area contributed by atoms with Crippen molar-refractivity contribution in [2.45, 2.75) is 25.3 Å². The Hall–Kier alpha value is -0.630. The summed E-state index contributed by atoms with van der Waals surface area (Å²) in [4.78, 5) is 0. The molecule has 0 radical (unpaired) electrons. The van der Waals surface area contributed by atoms with E-state index in [9.17, 15) is 13.5 Å². The number of hydrogen-bond acceptors (Lipinski definition) is 3. The Morgan fingerprint density at radius 3 is 2.79 bits per heavy atom. The number of benzene rings is 1. The zero-order chi connectivity index (χ0) is 13.9. The summed E-state index contributed by atoms with van der Waals surface area (Å²) in [7, 11) is -3.63. The van der Waals surface area contributed by atoms with Gasteiger partial charge in [0.2, 0.25) is 0 Å². The highest BCUT2D eigenvalue weighted by molar-refractivity contribution is 9.10. The minimum atomic E-state index is -3.63. The Balaban J connectivity index is 2.20. The van der Waals surface area contributed by atoms with Gasteiger partial charge in [-0.2, -0.15) is 12.7 Å². The minimum Gasteiger partial charge on any atom is -0.395 e. The highest BCUT2D eigenvalue weighted by Crippen LogP contribution is 2.26. The standard InChI is InChI=1S/C12H17BrN2O3S/c13-11-6-1-2-7-12(11)14-19(17,18)15-8-4-3-5-10(15)9-16/h1-2,6-7,10,14,16H,3-5,8-9H2. The molecule has 1 aromatic carbocycles. The van der Waals surface area contributed by atoms with E-state index in [1.54, 1.807) is 18.2 Å². The van der Waals surface area contributed by atoms with Gasteiger partial charge in [0.05, 0.1) is 12.3 Å². The van der Waals surface area contributed by atoms with E-state index < -0.39 is 10.2 Å². The molecule has 7 heteroatoms. The maximum Gasteiger partial charge on any atom is 0.302 e. The molecule has 2 rings (SSSR count). The van der Waals surface area contributed by atoms with Crippen LogP contribution in [0.25, 0.3) is 0 Å². The van der Waals surface area contributed by atoms with Crippen molar-refractivity contribution in [3.05, 3.63) is 28.7 Å². The highest BCUT2D eigenvalue weighted by atomic mass is 79.9. The first kappa shape index (κ1) is 14.8. The van der Waals surface area contributed by atoms with Gasteiger partial charge in [0, 0.05) is 17.1 Å². The van der Waals surface area contributed by atoms with Crippen LogP contribution in [-0.2, 0) is 10.2 Å². The number of anilines is 1. The molecule has 0 aromatic heterocycles. The number of piperidine rings is 1. The van der Waals surface area contributed by atoms with Gasteiger partial charge < -0.3 is 5.11 Å². The summed E-state index contributed by atoms with van der Waals surface area (Å²) < 4.78 is 29.3. The molecular formula is C12H17BrN2O3S. The first-order chi connectivity index (χ1) is 9.04. The number of aliphatic hydroxyl groups is 1. The molecule has 0 amide bonds. The average molecular weight is 349 g/mol. The Kier molecular flexibility index (Phi) is 4.83. The molecule has 0 aliphatic carbocycles. The van der Waals surface area contributed by atoms with E-state index >= 15 is 0 Å². The molecule has 1 atom stereocenters. The summed E-state index contributed by atoms with van der Waals surface area (Å²) >= 11 is 3.31. The number of nitrogens with one attached hydrogen (secondary N) is 1. The van der Waals surface area contributed by atoms with Gasteiger partial charge in [-0.25, -0.2) is 0 Å². The molecule has 19 heavy (non-hydrogen) atoms. The van der Waals surface area contributed by atoms with Crippen LogP contribution in [0, 0.1) is 0 Å². The summed E-state index contributed by atoms with van der Waals surface area (Å²) in [5.74, 6) is 0. The molecule has 106 valence electrons. The lowest BCUT2D eigenvalue weighted by molar-refractivity contribution is 0.156. The van der Waals surface area contributed by atoms with Gasteiger partial charge in [-0.15, -0.1) is 0 Å². The molecule has 1 saturated heterocycles. The van der Waals surface area contributed by atoms with E-state index in [2.05, 4.69) is 20.7 Å². The van der Waals surface area contributed by atoms with Crippen molar-refractivity contribution in [1.82, 2.24) is 4.31 Å². The molecule has 0 spiro atoms. The quantitative estimate of drug-likeness (QED) is 0.873. The van der Waals surface area contributed by atoms with Crippen molar-refractivity contribution in [2.24, 2.45) is 0 Å². The van der Waals surface area contributed by atoms with Gasteiger partial charge in [-0.3, -0.25) is 4.72 Å². The molecule has 2 N–H and O–H groups in total. The predicted molar refractivity (Wildman–Crippen MR) is 78.1 cm³/mol. The first-order valence-corrected chi connectivity index (χ1v) is 8.43. The third-order valence-electron chi connectivity index (χ3n) is 3.21. The zero-order valence-electron chi connectivity index (χ0n) is 10.4. The number of rotatable bonds is 4. The van der Waals surface area contributed by atoms with Crippen molar-refractivity contribution in [2.75, 3.05) is 17.9 Å². The number of nitrogens with zero attached hydrogens (tertiary/aromatic N) is 1. The lowest BCUT2D eigenvalue weighted by Gasteiger charge is -2.33. The van der Waals surface area contributed by atoms with Gasteiger partial charge >= 0.3 is 10.2 Å². The third kappa shape index (κ3) is 3.47. The summed E-state index contributed by atoms with van der Waals surface area (Å²) in [5.41, 5.74) is 0.504. The Bertz CT molecular complexity index is 536. The van der Waals surface area contributed by atoms with Crippen molar-refractivity contribution in [3.63, 3.8) is 0 Å². The summed E-state index contributed by atoms with van der Waals surface area (Å²) in [6.45, 7) is 0.307. The van der Waals surface area contributed by atoms with Crippen LogP contribution in [0.2, 0.25) is 0 Å². The fraction of sp³-hybridized carbons (Fsp3) is 0.500. The second-order valence-corrected chi connectivity index (χ2v) is 7.01. The Labute approximate surface area is 121 Å². The van der Waals surface area contributed by atoms with E-state index in [0.29, 0.717) is 23.1 Å². The summed E-state index contributed by atoms with van der Waals surface area (Å²) in [5, 5.41) is 9.30. The van der Waals surface area contributed by atoms with Crippen LogP contribution in [-0.4, -0.2) is 37.0 Å². The van der Waals surface area contributed by atoms with E-state index in [1.807, 2.05) is 6.07 Å². The van der Waals surface area contributed by atoms with E-state index in [0.717, 1.165) is 12.8 Å². The smallest absolute Gasteiger partial charge is 0.302 e. The SMILES string of the molecule is O=S(=O)(Nc1ccccc1Br)N1CCCCC1CO. The lowest BCUT2D eigenvalue weighted by Crippen LogP contribution is -2.47. The van der Waals surface area contributed by atoms with Crippen LogP contribution in [0.1, 0.15) is 19.3 Å². The average Bonchev–Trinajstić information content (AvgIpc) is 2.41. The zero-order valence-corrected chi connectivity index (χ0v) is 12.8. The topological polar surface area (TPSA) is 69.6 Å². The fourth-order valence-corrected chi connectivity index (χ4v) is 4.24. The predicted octanol–water partition coefficient (Wildman–Crippen LogP) is 1.95. The molecule has 0 saturated carbocycles. The van der Waals surface area contributed by atoms with Gasteiger partial charge in [0.15, 0.2) is 0 Å². The van der Waals surface area contributed by atoms with Crippen LogP contribution < -0.4 is 4.72 Å². The van der Waals surface area contributed by atoms with Crippen LogP contribution >= 0.6 is 15.9 Å². The van der Waals surface area contributed by atoms with Gasteiger partial charge in [-0.05, 0) is 40.9 Å². The highest BCUT2D eigenvalue weighted by Gasteiger charge is 2.32. The monoisotopic (exact) mass is 348 g/mol. The van der Waals surface area contributed by atoms with Gasteiger partial charge in [0.1, 0.15) is 0 Å². The normalized spacial score (nSPS) is 21.3. The van der Waals surface area contributed by atoms with Crippen LogP contribution in [0.5, 0.6) is 0 Å². The molecule has 1 aliphatic rings. The minimum absolute atomic E-state index is 0.142. The largest absolute Gasteiger partial charge is 0.395 e. The Morgan fingerprint density at radius 2 is 2.11 bits per heavy atom. The molecule has 1 unspecified atom stereocenters. The molecule has 5 nitrogen and oxygen atoms in total. The van der Waals surface area contributed by atoms with Gasteiger partial charge in [0.25, 0.3) is 0 Å². The maximum atomic E-state index is 12.4. The van der Waals surface area contributed by atoms with Crippen molar-refractivity contribution >= 4 is 31.8 Å². The number of halogens is 1. The molecule has 0 bridgehead atoms. The second kappa shape index (κ2) is 6.21. The van der Waals surface area contributed by atoms with E-state index in [1.165, 1.54) is 4.31 Å². The first-order valence-electron chi connectivity index (χ1n) is 6.19. The molecule has 1 heterocycles. The van der Waals surface area contributed by atoms with E-state index in [4.69, 9.17) is 0 Å². The lowest BCUT2D eigenvalue weighted by atomic mass is 10.1. The van der Waals surface area contributed by atoms with Crippen LogP contribution in [0.15, 0.2) is 28.7 Å². The van der Waals surface area contributed by atoms with E-state index in [-0.39, 0.29) is 12.6 Å². The molecule has 1 aromatic rings. The van der Waals surface area contributed by atoms with Crippen molar-refractivity contribution in [1.29, 1.82) is 0 Å². The maximum absolute atomic E-state index is 12.4. The summed E-state index contributed by atoms with van der Waals surface area (Å²) in [6, 6.07) is 6.73. The summed E-state index contributed by atoms with van der Waals surface area (Å²) in [6.07, 6.45) is 2.48. The van der Waals surface area contributed by atoms with Crippen molar-refractivity contribution < 1.29 is 13.5 Å². The Morgan fingerprint density at radius 1 is 1.37 bits per heavy atom. The number of hydrogen-bond donors (Lipinski definition) is 2. The molecule has 1 aliphatic heterocycles. The number of aliphatic hydroxyl groups excluding tert-OH is 1. The number of para-hydroxylation sites is 1. The van der Waals surface area contributed by atoms with Crippen molar-refractivity contribution in [3.8, 4) is 0 Å². The van der Waals surface area contributed by atoms with Crippen LogP contribution in [0.4, 0.5) is 5.69 Å². The molecular weight excluding hydrogens is 332 g/mol. The van der Waals surface area contributed by atoms with Gasteiger partial charge in [-0.1, -0.05) is 18.6 Å².